The largest absolute Gasteiger partial charge is 0.0882 e. The van der Waals surface area contributed by atoms with E-state index in [2.05, 4.69) is 18.6 Å². The Hall–Kier alpha value is -0.260. The molecule has 0 N–H and O–H groups in total. The minimum Gasteiger partial charge on any atom is -0.0882 e. The molecule has 0 aromatic heterocycles. The molecule has 1 aliphatic rings. The molecule has 1 aliphatic carbocycles. The summed E-state index contributed by atoms with van der Waals surface area (Å²) in [6, 6.07) is 0. The van der Waals surface area contributed by atoms with Gasteiger partial charge in [0.25, 0.3) is 0 Å². The summed E-state index contributed by atoms with van der Waals surface area (Å²) in [4.78, 5) is 0. The fraction of sp³-hybridized carbons (Fsp3) is 0.700. The number of hydrogen-bond donors (Lipinski definition) is 0. The highest BCUT2D eigenvalue weighted by molar-refractivity contribution is 4.94. The zero-order valence-electron chi connectivity index (χ0n) is 6.68. The lowest BCUT2D eigenvalue weighted by Gasteiger charge is -2.01. The van der Waals surface area contributed by atoms with Crippen molar-refractivity contribution >= 4 is 0 Å². The van der Waals surface area contributed by atoms with E-state index in [-0.39, 0.29) is 0 Å². The Morgan fingerprint density at radius 3 is 2.30 bits per heavy atom. The van der Waals surface area contributed by atoms with Gasteiger partial charge in [-0.15, -0.1) is 0 Å². The molecule has 0 heterocycles. The van der Waals surface area contributed by atoms with Crippen molar-refractivity contribution < 1.29 is 0 Å². The molecule has 0 heteroatoms. The van der Waals surface area contributed by atoms with Crippen molar-refractivity contribution in [2.75, 3.05) is 0 Å². The van der Waals surface area contributed by atoms with E-state index in [1.807, 2.05) is 0 Å². The molecular formula is C10H17. The molecule has 0 aliphatic heterocycles. The van der Waals surface area contributed by atoms with Crippen molar-refractivity contribution in [1.29, 1.82) is 0 Å². The topological polar surface area (TPSA) is 0 Å². The van der Waals surface area contributed by atoms with Crippen LogP contribution < -0.4 is 0 Å². The average molecular weight is 137 g/mol. The van der Waals surface area contributed by atoms with Crippen LogP contribution in [0.5, 0.6) is 0 Å². The second kappa shape index (κ2) is 5.52. The minimum atomic E-state index is 1.29. The number of rotatable bonds is 0. The van der Waals surface area contributed by atoms with Crippen LogP contribution in [0.15, 0.2) is 12.2 Å². The molecule has 0 nitrogen and oxygen atoms in total. The summed E-state index contributed by atoms with van der Waals surface area (Å²) in [5, 5.41) is 0. The second-order valence-electron chi connectivity index (χ2n) is 3.01. The van der Waals surface area contributed by atoms with Crippen LogP contribution in [-0.4, -0.2) is 0 Å². The summed E-state index contributed by atoms with van der Waals surface area (Å²) in [5.74, 6) is 0. The maximum atomic E-state index is 2.30. The van der Waals surface area contributed by atoms with Crippen molar-refractivity contribution in [2.45, 2.75) is 44.9 Å². The molecule has 0 atom stereocenters. The molecule has 0 spiro atoms. The molecule has 1 radical (unpaired) electrons. The van der Waals surface area contributed by atoms with E-state index in [1.54, 1.807) is 0 Å². The van der Waals surface area contributed by atoms with Gasteiger partial charge in [0.2, 0.25) is 0 Å². The first-order valence-electron chi connectivity index (χ1n) is 4.48. The zero-order chi connectivity index (χ0) is 7.07. The highest BCUT2D eigenvalue weighted by Crippen LogP contribution is 2.11. The minimum absolute atomic E-state index is 1.29. The van der Waals surface area contributed by atoms with Crippen LogP contribution in [-0.2, 0) is 0 Å². The lowest BCUT2D eigenvalue weighted by molar-refractivity contribution is 0.613. The molecule has 0 saturated heterocycles. The van der Waals surface area contributed by atoms with Gasteiger partial charge in [-0.3, -0.25) is 0 Å². The highest BCUT2D eigenvalue weighted by atomic mass is 14.0. The standard InChI is InChI=1S/C10H17/c1-2-4-6-8-10-9-7-5-3-1/h1-3H,4-10H2/b2-1+. The SMILES string of the molecule is [CH]1/C=C/CCCCCCC1. The van der Waals surface area contributed by atoms with Crippen molar-refractivity contribution in [3.05, 3.63) is 18.6 Å². The molecule has 10 heavy (non-hydrogen) atoms. The van der Waals surface area contributed by atoms with Gasteiger partial charge >= 0.3 is 0 Å². The van der Waals surface area contributed by atoms with Gasteiger partial charge in [0.1, 0.15) is 0 Å². The van der Waals surface area contributed by atoms with Crippen molar-refractivity contribution in [3.63, 3.8) is 0 Å². The maximum absolute atomic E-state index is 2.30. The third-order valence-corrected chi connectivity index (χ3v) is 2.01. The summed E-state index contributed by atoms with van der Waals surface area (Å²) >= 11 is 0. The molecule has 0 fully saturated rings. The predicted octanol–water partition coefficient (Wildman–Crippen LogP) is 3.49. The third kappa shape index (κ3) is 3.71. The van der Waals surface area contributed by atoms with Crippen LogP contribution in [0.1, 0.15) is 44.9 Å². The molecule has 0 aromatic carbocycles. The van der Waals surface area contributed by atoms with Gasteiger partial charge in [0.15, 0.2) is 0 Å². The zero-order valence-corrected chi connectivity index (χ0v) is 6.68. The molecule has 0 aromatic rings. The van der Waals surface area contributed by atoms with Gasteiger partial charge in [0, 0.05) is 0 Å². The first-order valence-corrected chi connectivity index (χ1v) is 4.48. The Bertz CT molecular complexity index is 80.2. The van der Waals surface area contributed by atoms with Gasteiger partial charge in [-0.2, -0.15) is 0 Å². The fourth-order valence-corrected chi connectivity index (χ4v) is 1.34. The van der Waals surface area contributed by atoms with Crippen LogP contribution >= 0.6 is 0 Å². The number of hydrogen-bond acceptors (Lipinski definition) is 0. The fourth-order valence-electron chi connectivity index (χ4n) is 1.34. The van der Waals surface area contributed by atoms with Crippen LogP contribution in [0, 0.1) is 6.42 Å². The summed E-state index contributed by atoms with van der Waals surface area (Å²) in [6.45, 7) is 0. The van der Waals surface area contributed by atoms with Gasteiger partial charge in [0.05, 0.1) is 0 Å². The lowest BCUT2D eigenvalue weighted by atomic mass is 10.1. The van der Waals surface area contributed by atoms with E-state index < -0.39 is 0 Å². The van der Waals surface area contributed by atoms with Crippen LogP contribution in [0.2, 0.25) is 0 Å². The third-order valence-electron chi connectivity index (χ3n) is 2.01. The van der Waals surface area contributed by atoms with Gasteiger partial charge in [-0.25, -0.2) is 0 Å². The smallest absolute Gasteiger partial charge is 0.0171 e. The summed E-state index contributed by atoms with van der Waals surface area (Å²) in [7, 11) is 0. The monoisotopic (exact) mass is 137 g/mol. The van der Waals surface area contributed by atoms with Gasteiger partial charge in [-0.1, -0.05) is 37.8 Å². The van der Waals surface area contributed by atoms with E-state index >= 15 is 0 Å². The molecule has 57 valence electrons. The predicted molar refractivity (Wildman–Crippen MR) is 45.8 cm³/mol. The van der Waals surface area contributed by atoms with Crippen molar-refractivity contribution in [3.8, 4) is 0 Å². The molecule has 0 saturated carbocycles. The maximum Gasteiger partial charge on any atom is -0.0171 e. The Morgan fingerprint density at radius 1 is 0.700 bits per heavy atom. The Labute approximate surface area is 64.3 Å². The summed E-state index contributed by atoms with van der Waals surface area (Å²) in [6.07, 6.45) is 16.5. The number of allylic oxidation sites excluding steroid dienone is 2. The van der Waals surface area contributed by atoms with E-state index in [0.717, 1.165) is 0 Å². The van der Waals surface area contributed by atoms with Gasteiger partial charge < -0.3 is 0 Å². The van der Waals surface area contributed by atoms with Crippen LogP contribution in [0.3, 0.4) is 0 Å². The van der Waals surface area contributed by atoms with Crippen LogP contribution in [0.25, 0.3) is 0 Å². The van der Waals surface area contributed by atoms with Gasteiger partial charge in [-0.05, 0) is 25.7 Å². The summed E-state index contributed by atoms with van der Waals surface area (Å²) < 4.78 is 0. The van der Waals surface area contributed by atoms with E-state index in [0.29, 0.717) is 0 Å². The summed E-state index contributed by atoms with van der Waals surface area (Å²) in [5.41, 5.74) is 0. The quantitative estimate of drug-likeness (QED) is 0.479. The molecule has 0 amide bonds. The average Bonchev–Trinajstić information content (AvgIpc) is 2.01. The Morgan fingerprint density at radius 2 is 1.40 bits per heavy atom. The molecular weight excluding hydrogens is 120 g/mol. The first kappa shape index (κ1) is 7.84. The normalized spacial score (nSPS) is 25.6. The van der Waals surface area contributed by atoms with Crippen molar-refractivity contribution in [2.24, 2.45) is 0 Å². The van der Waals surface area contributed by atoms with E-state index in [4.69, 9.17) is 0 Å². The molecule has 0 bridgehead atoms. The van der Waals surface area contributed by atoms with Crippen LogP contribution in [0.4, 0.5) is 0 Å². The molecule has 0 unspecified atom stereocenters. The Balaban J connectivity index is 2.13. The van der Waals surface area contributed by atoms with E-state index in [1.165, 1.54) is 44.9 Å². The van der Waals surface area contributed by atoms with E-state index in [9.17, 15) is 0 Å². The molecule has 1 rings (SSSR count). The highest BCUT2D eigenvalue weighted by Gasteiger charge is 1.91. The second-order valence-corrected chi connectivity index (χ2v) is 3.01. The van der Waals surface area contributed by atoms with Crippen molar-refractivity contribution in [1.82, 2.24) is 0 Å². The first-order chi connectivity index (χ1) is 5.00. The Kier molecular flexibility index (Phi) is 4.33. The lowest BCUT2D eigenvalue weighted by Crippen LogP contribution is -1.82.